The Morgan fingerprint density at radius 2 is 1.67 bits per heavy atom. The third-order valence-electron chi connectivity index (χ3n) is 6.60. The number of furan rings is 1. The van der Waals surface area contributed by atoms with Crippen molar-refractivity contribution in [2.75, 3.05) is 20.3 Å². The third kappa shape index (κ3) is 6.28. The highest BCUT2D eigenvalue weighted by molar-refractivity contribution is 6.46. The van der Waals surface area contributed by atoms with Crippen molar-refractivity contribution in [3.63, 3.8) is 0 Å². The highest BCUT2D eigenvalue weighted by Gasteiger charge is 2.46. The van der Waals surface area contributed by atoms with E-state index in [1.165, 1.54) is 18.3 Å². The summed E-state index contributed by atoms with van der Waals surface area (Å²) in [5.41, 5.74) is 1.000. The molecule has 0 spiro atoms. The van der Waals surface area contributed by atoms with Gasteiger partial charge in [-0.1, -0.05) is 32.8 Å². The number of Topliss-reactive ketones (excluding diaryl/α,β-unsaturated/α-hetero) is 1. The molecular formula is C31H35NO7. The molecule has 1 aliphatic rings. The second kappa shape index (κ2) is 13.0. The molecule has 0 radical (unpaired) electrons. The van der Waals surface area contributed by atoms with Crippen molar-refractivity contribution >= 4 is 17.4 Å². The first kappa shape index (κ1) is 27.8. The maximum absolute atomic E-state index is 13.4. The van der Waals surface area contributed by atoms with Gasteiger partial charge in [-0.15, -0.1) is 0 Å². The zero-order chi connectivity index (χ0) is 27.8. The van der Waals surface area contributed by atoms with Crippen LogP contribution >= 0.6 is 0 Å². The molecule has 39 heavy (non-hydrogen) atoms. The fraction of sp³-hybridized carbons (Fsp3) is 0.355. The van der Waals surface area contributed by atoms with Gasteiger partial charge in [-0.05, 0) is 66.9 Å². The molecule has 1 saturated heterocycles. The van der Waals surface area contributed by atoms with Gasteiger partial charge < -0.3 is 28.6 Å². The van der Waals surface area contributed by atoms with Crippen LogP contribution in [0.2, 0.25) is 0 Å². The first-order chi connectivity index (χ1) is 19.0. The number of ether oxygens (including phenoxy) is 3. The van der Waals surface area contributed by atoms with Crippen LogP contribution < -0.4 is 14.2 Å². The van der Waals surface area contributed by atoms with E-state index < -0.39 is 17.7 Å². The topological polar surface area (TPSA) is 98.4 Å². The molecule has 1 aromatic heterocycles. The van der Waals surface area contributed by atoms with Crippen molar-refractivity contribution in [1.82, 2.24) is 4.90 Å². The first-order valence-corrected chi connectivity index (χ1v) is 13.3. The Balaban J connectivity index is 1.75. The number of methoxy groups -OCH3 is 1. The fourth-order valence-electron chi connectivity index (χ4n) is 4.46. The Morgan fingerprint density at radius 1 is 0.949 bits per heavy atom. The van der Waals surface area contributed by atoms with Gasteiger partial charge in [-0.2, -0.15) is 0 Å². The Morgan fingerprint density at radius 3 is 2.31 bits per heavy atom. The normalized spacial score (nSPS) is 16.5. The Bertz CT molecular complexity index is 1290. The molecule has 0 unspecified atom stereocenters. The van der Waals surface area contributed by atoms with E-state index in [1.54, 1.807) is 54.6 Å². The van der Waals surface area contributed by atoms with Crippen LogP contribution in [-0.4, -0.2) is 42.0 Å². The molecule has 1 fully saturated rings. The summed E-state index contributed by atoms with van der Waals surface area (Å²) in [6.07, 6.45) is 5.36. The number of aliphatic hydroxyl groups excluding tert-OH is 1. The minimum atomic E-state index is -0.867. The lowest BCUT2D eigenvalue weighted by Crippen LogP contribution is -2.29. The number of nitrogens with zero attached hydrogens (tertiary/aromatic N) is 1. The molecule has 4 rings (SSSR count). The van der Waals surface area contributed by atoms with Crippen LogP contribution in [0, 0.1) is 0 Å². The van der Waals surface area contributed by atoms with E-state index in [9.17, 15) is 14.7 Å². The van der Waals surface area contributed by atoms with E-state index in [0.29, 0.717) is 47.3 Å². The average molecular weight is 534 g/mol. The van der Waals surface area contributed by atoms with E-state index in [1.807, 2.05) is 0 Å². The summed E-state index contributed by atoms with van der Waals surface area (Å²) in [5.74, 6) is 0.467. The van der Waals surface area contributed by atoms with Gasteiger partial charge in [0.25, 0.3) is 11.7 Å². The summed E-state index contributed by atoms with van der Waals surface area (Å²) >= 11 is 0. The van der Waals surface area contributed by atoms with Crippen LogP contribution in [0.3, 0.4) is 0 Å². The summed E-state index contributed by atoms with van der Waals surface area (Å²) in [7, 11) is 1.54. The summed E-state index contributed by atoms with van der Waals surface area (Å²) in [6.45, 7) is 5.37. The Hall–Kier alpha value is -4.20. The van der Waals surface area contributed by atoms with Crippen molar-refractivity contribution < 1.29 is 33.3 Å². The molecule has 1 N–H and O–H groups in total. The average Bonchev–Trinajstić information content (AvgIpc) is 3.56. The van der Waals surface area contributed by atoms with Gasteiger partial charge in [0.1, 0.15) is 17.3 Å². The number of hydrogen-bond donors (Lipinski definition) is 1. The molecule has 8 heteroatoms. The second-order valence-corrected chi connectivity index (χ2v) is 9.35. The van der Waals surface area contributed by atoms with Gasteiger partial charge in [0, 0.05) is 5.56 Å². The first-order valence-electron chi connectivity index (χ1n) is 13.3. The van der Waals surface area contributed by atoms with Gasteiger partial charge in [0.05, 0.1) is 44.7 Å². The minimum absolute atomic E-state index is 0.00656. The van der Waals surface area contributed by atoms with Crippen LogP contribution in [0.25, 0.3) is 5.76 Å². The molecule has 1 amide bonds. The van der Waals surface area contributed by atoms with Gasteiger partial charge >= 0.3 is 0 Å². The lowest BCUT2D eigenvalue weighted by atomic mass is 9.95. The third-order valence-corrected chi connectivity index (χ3v) is 6.60. The lowest BCUT2D eigenvalue weighted by Gasteiger charge is -2.25. The number of amides is 1. The Labute approximate surface area is 228 Å². The molecule has 1 atom stereocenters. The minimum Gasteiger partial charge on any atom is -0.507 e. The van der Waals surface area contributed by atoms with Gasteiger partial charge in [-0.3, -0.25) is 9.59 Å². The van der Waals surface area contributed by atoms with Gasteiger partial charge in [0.15, 0.2) is 11.5 Å². The number of carbonyl (C=O) groups is 2. The zero-order valence-corrected chi connectivity index (χ0v) is 22.6. The van der Waals surface area contributed by atoms with Gasteiger partial charge in [0.2, 0.25) is 0 Å². The largest absolute Gasteiger partial charge is 0.507 e. The van der Waals surface area contributed by atoms with E-state index in [4.69, 9.17) is 18.6 Å². The maximum atomic E-state index is 13.4. The quantitative estimate of drug-likeness (QED) is 0.120. The summed E-state index contributed by atoms with van der Waals surface area (Å²) in [6, 6.07) is 14.7. The predicted octanol–water partition coefficient (Wildman–Crippen LogP) is 6.27. The van der Waals surface area contributed by atoms with Crippen LogP contribution in [0.5, 0.6) is 17.2 Å². The van der Waals surface area contributed by atoms with Crippen LogP contribution in [0.1, 0.15) is 62.5 Å². The van der Waals surface area contributed by atoms with Crippen LogP contribution in [-0.2, 0) is 16.1 Å². The maximum Gasteiger partial charge on any atom is 0.296 e. The van der Waals surface area contributed by atoms with Crippen molar-refractivity contribution in [2.24, 2.45) is 0 Å². The zero-order valence-electron chi connectivity index (χ0n) is 22.6. The van der Waals surface area contributed by atoms with Crippen molar-refractivity contribution in [3.05, 3.63) is 83.3 Å². The molecule has 0 saturated carbocycles. The fourth-order valence-corrected chi connectivity index (χ4v) is 4.46. The van der Waals surface area contributed by atoms with Crippen LogP contribution in [0.4, 0.5) is 0 Å². The molecule has 2 heterocycles. The molecule has 206 valence electrons. The summed E-state index contributed by atoms with van der Waals surface area (Å²) < 4.78 is 22.6. The number of rotatable bonds is 13. The summed E-state index contributed by atoms with van der Waals surface area (Å²) in [4.78, 5) is 28.0. The predicted molar refractivity (Wildman–Crippen MR) is 147 cm³/mol. The van der Waals surface area contributed by atoms with E-state index >= 15 is 0 Å². The number of unbranched alkanes of at least 4 members (excludes halogenated alkanes) is 2. The number of carbonyl (C=O) groups excluding carboxylic acids is 2. The highest BCUT2D eigenvalue weighted by Crippen LogP contribution is 2.43. The number of aliphatic hydroxyl groups is 1. The number of likely N-dealkylation sites (tertiary alicyclic amines) is 1. The van der Waals surface area contributed by atoms with E-state index in [2.05, 4.69) is 13.8 Å². The Kier molecular flexibility index (Phi) is 9.31. The molecule has 0 aliphatic carbocycles. The second-order valence-electron chi connectivity index (χ2n) is 9.35. The number of benzene rings is 2. The molecular weight excluding hydrogens is 498 g/mol. The molecule has 8 nitrogen and oxygen atoms in total. The van der Waals surface area contributed by atoms with Crippen molar-refractivity contribution in [1.29, 1.82) is 0 Å². The standard InChI is InChI=1S/C31H35NO7/c1-4-6-16-37-23-13-10-21(11-14-23)29(33)27-28(32(31(35)30(27)34)20-24-9-8-18-38-24)22-12-15-25(26(19-22)36-3)39-17-7-5-2/h8-15,18-19,28,33H,4-7,16-17,20H2,1-3H3/t28-/m0/s1. The molecule has 0 bridgehead atoms. The SMILES string of the molecule is CCCCOc1ccc(C(O)=C2C(=O)C(=O)N(Cc3ccco3)[C@H]2c2ccc(OCCCC)c(OC)c2)cc1. The molecule has 1 aliphatic heterocycles. The van der Waals surface area contributed by atoms with Crippen LogP contribution in [0.15, 0.2) is 70.9 Å². The molecule has 3 aromatic rings. The monoisotopic (exact) mass is 533 g/mol. The van der Waals surface area contributed by atoms with E-state index in [0.717, 1.165) is 25.7 Å². The highest BCUT2D eigenvalue weighted by atomic mass is 16.5. The number of hydrogen-bond acceptors (Lipinski definition) is 7. The van der Waals surface area contributed by atoms with E-state index in [-0.39, 0.29) is 17.9 Å². The van der Waals surface area contributed by atoms with Crippen molar-refractivity contribution in [2.45, 2.75) is 52.1 Å². The smallest absolute Gasteiger partial charge is 0.296 e. The molecule has 2 aromatic carbocycles. The van der Waals surface area contributed by atoms with Crippen molar-refractivity contribution in [3.8, 4) is 17.2 Å². The lowest BCUT2D eigenvalue weighted by molar-refractivity contribution is -0.140. The van der Waals surface area contributed by atoms with Gasteiger partial charge in [-0.25, -0.2) is 0 Å². The summed E-state index contributed by atoms with van der Waals surface area (Å²) in [5, 5.41) is 11.4. The number of ketones is 1.